The molecule has 0 aliphatic heterocycles. The molecule has 0 spiro atoms. The molecule has 0 unspecified atom stereocenters. The van der Waals surface area contributed by atoms with E-state index in [4.69, 9.17) is 4.74 Å². The number of carbonyl (C=O) groups is 1. The van der Waals surface area contributed by atoms with Gasteiger partial charge in [0, 0.05) is 12.7 Å². The van der Waals surface area contributed by atoms with Crippen molar-refractivity contribution in [3.8, 4) is 0 Å². The van der Waals surface area contributed by atoms with E-state index in [1.165, 1.54) is 12.3 Å². The van der Waals surface area contributed by atoms with Gasteiger partial charge in [-0.2, -0.15) is 0 Å². The first-order valence-corrected chi connectivity index (χ1v) is 5.10. The molecule has 1 rings (SSSR count). The first kappa shape index (κ1) is 12.6. The van der Waals surface area contributed by atoms with Crippen LogP contribution >= 0.6 is 0 Å². The Hall–Kier alpha value is -1.49. The van der Waals surface area contributed by atoms with E-state index in [1.807, 2.05) is 13.8 Å². The number of carbonyl (C=O) groups excluding carboxylic acids is 1. The molecule has 1 heterocycles. The quantitative estimate of drug-likeness (QED) is 0.771. The van der Waals surface area contributed by atoms with Gasteiger partial charge in [0.1, 0.15) is 0 Å². The van der Waals surface area contributed by atoms with Crippen LogP contribution < -0.4 is 5.32 Å². The average molecular weight is 226 g/mol. The Morgan fingerprint density at radius 2 is 2.38 bits per heavy atom. The SMILES string of the molecule is CC(C)OCCNC(=O)c1ccncc1F. The minimum Gasteiger partial charge on any atom is -0.377 e. The molecule has 4 nitrogen and oxygen atoms in total. The summed E-state index contributed by atoms with van der Waals surface area (Å²) in [5.41, 5.74) is -0.000420. The van der Waals surface area contributed by atoms with Crippen LogP contribution in [-0.4, -0.2) is 30.1 Å². The Bertz CT molecular complexity index is 356. The van der Waals surface area contributed by atoms with Crippen LogP contribution in [0.25, 0.3) is 0 Å². The van der Waals surface area contributed by atoms with Crippen LogP contribution in [0.5, 0.6) is 0 Å². The molecule has 0 fully saturated rings. The van der Waals surface area contributed by atoms with Crippen LogP contribution in [0.15, 0.2) is 18.5 Å². The fourth-order valence-electron chi connectivity index (χ4n) is 1.11. The number of hydrogen-bond donors (Lipinski definition) is 1. The van der Waals surface area contributed by atoms with Crippen molar-refractivity contribution < 1.29 is 13.9 Å². The van der Waals surface area contributed by atoms with E-state index in [-0.39, 0.29) is 11.7 Å². The number of nitrogens with zero attached hydrogens (tertiary/aromatic N) is 1. The lowest BCUT2D eigenvalue weighted by atomic mass is 10.2. The van der Waals surface area contributed by atoms with Crippen LogP contribution in [-0.2, 0) is 4.74 Å². The highest BCUT2D eigenvalue weighted by atomic mass is 19.1. The van der Waals surface area contributed by atoms with Crippen molar-refractivity contribution >= 4 is 5.91 Å². The maximum absolute atomic E-state index is 13.1. The lowest BCUT2D eigenvalue weighted by Gasteiger charge is -2.08. The number of hydrogen-bond acceptors (Lipinski definition) is 3. The fourth-order valence-corrected chi connectivity index (χ4v) is 1.11. The zero-order valence-electron chi connectivity index (χ0n) is 9.37. The van der Waals surface area contributed by atoms with Gasteiger partial charge in [0.15, 0.2) is 5.82 Å². The third kappa shape index (κ3) is 3.94. The molecule has 88 valence electrons. The van der Waals surface area contributed by atoms with E-state index in [1.54, 1.807) is 0 Å². The second-order valence-electron chi connectivity index (χ2n) is 3.53. The second kappa shape index (κ2) is 6.17. The Labute approximate surface area is 93.8 Å². The molecule has 0 bridgehead atoms. The van der Waals surface area contributed by atoms with Crippen molar-refractivity contribution in [2.75, 3.05) is 13.2 Å². The van der Waals surface area contributed by atoms with Crippen molar-refractivity contribution in [1.29, 1.82) is 0 Å². The van der Waals surface area contributed by atoms with E-state index in [9.17, 15) is 9.18 Å². The first-order chi connectivity index (χ1) is 7.61. The molecule has 1 amide bonds. The molecule has 1 N–H and O–H groups in total. The largest absolute Gasteiger partial charge is 0.377 e. The Morgan fingerprint density at radius 3 is 3.00 bits per heavy atom. The molecule has 0 atom stereocenters. The van der Waals surface area contributed by atoms with Gasteiger partial charge < -0.3 is 10.1 Å². The van der Waals surface area contributed by atoms with Gasteiger partial charge in [0.2, 0.25) is 0 Å². The average Bonchev–Trinajstić information content (AvgIpc) is 2.24. The van der Waals surface area contributed by atoms with Gasteiger partial charge in [-0.15, -0.1) is 0 Å². The van der Waals surface area contributed by atoms with Gasteiger partial charge in [0.25, 0.3) is 5.91 Å². The van der Waals surface area contributed by atoms with Crippen LogP contribution in [0.1, 0.15) is 24.2 Å². The minimum absolute atomic E-state index is 0.000420. The van der Waals surface area contributed by atoms with Crippen molar-refractivity contribution in [2.24, 2.45) is 0 Å². The van der Waals surface area contributed by atoms with Gasteiger partial charge in [-0.05, 0) is 19.9 Å². The summed E-state index contributed by atoms with van der Waals surface area (Å²) in [6, 6.07) is 1.34. The maximum atomic E-state index is 13.1. The molecule has 5 heteroatoms. The molecule has 0 radical (unpaired) electrons. The number of rotatable bonds is 5. The molecule has 16 heavy (non-hydrogen) atoms. The number of amides is 1. The number of halogens is 1. The van der Waals surface area contributed by atoms with Crippen molar-refractivity contribution in [3.63, 3.8) is 0 Å². The van der Waals surface area contributed by atoms with Crippen molar-refractivity contribution in [1.82, 2.24) is 10.3 Å². The number of nitrogens with one attached hydrogen (secondary N) is 1. The zero-order valence-corrected chi connectivity index (χ0v) is 9.37. The summed E-state index contributed by atoms with van der Waals surface area (Å²) in [4.78, 5) is 15.0. The van der Waals surface area contributed by atoms with Crippen LogP contribution in [0.2, 0.25) is 0 Å². The third-order valence-electron chi connectivity index (χ3n) is 1.86. The third-order valence-corrected chi connectivity index (χ3v) is 1.86. The summed E-state index contributed by atoms with van der Waals surface area (Å²) in [6.45, 7) is 4.59. The highest BCUT2D eigenvalue weighted by Crippen LogP contribution is 2.03. The minimum atomic E-state index is -0.621. The Morgan fingerprint density at radius 1 is 1.62 bits per heavy atom. The zero-order chi connectivity index (χ0) is 12.0. The molecule has 0 saturated heterocycles. The van der Waals surface area contributed by atoms with E-state index in [0.29, 0.717) is 13.2 Å². The lowest BCUT2D eigenvalue weighted by Crippen LogP contribution is -2.28. The highest BCUT2D eigenvalue weighted by molar-refractivity contribution is 5.94. The van der Waals surface area contributed by atoms with Gasteiger partial charge in [-0.1, -0.05) is 0 Å². The van der Waals surface area contributed by atoms with Gasteiger partial charge in [-0.25, -0.2) is 4.39 Å². The van der Waals surface area contributed by atoms with E-state index in [2.05, 4.69) is 10.3 Å². The van der Waals surface area contributed by atoms with Gasteiger partial charge >= 0.3 is 0 Å². The molecule has 1 aromatic rings. The lowest BCUT2D eigenvalue weighted by molar-refractivity contribution is 0.0745. The van der Waals surface area contributed by atoms with Crippen LogP contribution in [0, 0.1) is 5.82 Å². The topological polar surface area (TPSA) is 51.2 Å². The summed E-state index contributed by atoms with van der Waals surface area (Å²) in [6.07, 6.45) is 2.51. The van der Waals surface area contributed by atoms with Crippen LogP contribution in [0.3, 0.4) is 0 Å². The molecule has 0 saturated carbocycles. The van der Waals surface area contributed by atoms with E-state index in [0.717, 1.165) is 6.20 Å². The van der Waals surface area contributed by atoms with E-state index >= 15 is 0 Å². The van der Waals surface area contributed by atoms with Crippen molar-refractivity contribution in [3.05, 3.63) is 29.8 Å². The monoisotopic (exact) mass is 226 g/mol. The molecular weight excluding hydrogens is 211 g/mol. The van der Waals surface area contributed by atoms with Gasteiger partial charge in [-0.3, -0.25) is 9.78 Å². The molecule has 1 aromatic heterocycles. The molecular formula is C11H15FN2O2. The number of aromatic nitrogens is 1. The summed E-state index contributed by atoms with van der Waals surface area (Å²) in [5.74, 6) is -1.07. The summed E-state index contributed by atoms with van der Waals surface area (Å²) in [5, 5.41) is 2.56. The normalized spacial score (nSPS) is 10.5. The smallest absolute Gasteiger partial charge is 0.254 e. The predicted octanol–water partition coefficient (Wildman–Crippen LogP) is 1.38. The summed E-state index contributed by atoms with van der Waals surface area (Å²) in [7, 11) is 0. The van der Waals surface area contributed by atoms with Gasteiger partial charge in [0.05, 0.1) is 24.5 Å². The summed E-state index contributed by atoms with van der Waals surface area (Å²) >= 11 is 0. The van der Waals surface area contributed by atoms with Crippen LogP contribution in [0.4, 0.5) is 4.39 Å². The first-order valence-electron chi connectivity index (χ1n) is 5.10. The number of pyridine rings is 1. The Balaban J connectivity index is 2.39. The molecule has 0 aliphatic rings. The molecule has 0 aliphatic carbocycles. The fraction of sp³-hybridized carbons (Fsp3) is 0.455. The summed E-state index contributed by atoms with van der Waals surface area (Å²) < 4.78 is 18.4. The second-order valence-corrected chi connectivity index (χ2v) is 3.53. The standard InChI is InChI=1S/C11H15FN2O2/c1-8(2)16-6-5-14-11(15)9-3-4-13-7-10(9)12/h3-4,7-8H,5-6H2,1-2H3,(H,14,15). The molecule has 0 aromatic carbocycles. The predicted molar refractivity (Wildman–Crippen MR) is 57.6 cm³/mol. The highest BCUT2D eigenvalue weighted by Gasteiger charge is 2.10. The van der Waals surface area contributed by atoms with Crippen molar-refractivity contribution in [2.45, 2.75) is 20.0 Å². The number of ether oxygens (including phenoxy) is 1. The Kier molecular flexibility index (Phi) is 4.85. The van der Waals surface area contributed by atoms with E-state index < -0.39 is 11.7 Å². The maximum Gasteiger partial charge on any atom is 0.254 e.